The van der Waals surface area contributed by atoms with E-state index in [0.717, 1.165) is 18.4 Å². The van der Waals surface area contributed by atoms with Crippen LogP contribution in [0.4, 0.5) is 9.18 Å². The number of carbonyl (C=O) groups excluding carboxylic acids is 2. The van der Waals surface area contributed by atoms with E-state index in [1.54, 1.807) is 33.3 Å². The lowest BCUT2D eigenvalue weighted by Gasteiger charge is -2.38. The molecule has 2 aromatic rings. The number of carbonyl (C=O) groups is 2. The lowest BCUT2D eigenvalue weighted by molar-refractivity contribution is -0.136. The minimum absolute atomic E-state index is 0.00347. The number of halogens is 1. The van der Waals surface area contributed by atoms with E-state index in [2.05, 4.69) is 5.32 Å². The van der Waals surface area contributed by atoms with Crippen LogP contribution in [0.2, 0.25) is 0 Å². The lowest BCUT2D eigenvalue weighted by atomic mass is 10.00. The minimum atomic E-state index is -0.365. The molecule has 1 aromatic heterocycles. The predicted octanol–water partition coefficient (Wildman–Crippen LogP) is 4.61. The van der Waals surface area contributed by atoms with Gasteiger partial charge in [-0.25, -0.2) is 9.18 Å². The maximum absolute atomic E-state index is 13.6. The number of hydrogen-bond acceptors (Lipinski definition) is 4. The maximum atomic E-state index is 13.6. The van der Waals surface area contributed by atoms with Gasteiger partial charge in [0.25, 0.3) is 0 Å². The average Bonchev–Trinajstić information content (AvgIpc) is 3.23. The Kier molecular flexibility index (Phi) is 8.12. The molecule has 2 heterocycles. The van der Waals surface area contributed by atoms with Gasteiger partial charge in [0.15, 0.2) is 0 Å². The largest absolute Gasteiger partial charge is 0.491 e. The monoisotopic (exact) mass is 461 g/mol. The van der Waals surface area contributed by atoms with Crippen LogP contribution in [-0.2, 0) is 11.2 Å². The quantitative estimate of drug-likeness (QED) is 0.625. The molecular weight excluding hydrogens is 429 g/mol. The molecule has 0 aliphatic carbocycles. The molecule has 32 heavy (non-hydrogen) atoms. The molecule has 1 N–H and O–H groups in total. The van der Waals surface area contributed by atoms with Crippen LogP contribution < -0.4 is 10.1 Å². The number of benzene rings is 1. The molecule has 8 heteroatoms. The molecule has 1 aromatic carbocycles. The second kappa shape index (κ2) is 10.8. The van der Waals surface area contributed by atoms with E-state index in [9.17, 15) is 14.0 Å². The highest BCUT2D eigenvalue weighted by Gasteiger charge is 2.34. The number of thiophene rings is 1. The molecule has 3 rings (SSSR count). The van der Waals surface area contributed by atoms with Crippen LogP contribution in [0, 0.1) is 5.82 Å². The highest BCUT2D eigenvalue weighted by atomic mass is 32.1. The van der Waals surface area contributed by atoms with Gasteiger partial charge in [0.05, 0.1) is 6.04 Å². The smallest absolute Gasteiger partial charge is 0.318 e. The molecule has 0 fully saturated rings. The van der Waals surface area contributed by atoms with Crippen molar-refractivity contribution in [2.45, 2.75) is 58.7 Å². The minimum Gasteiger partial charge on any atom is -0.491 e. The summed E-state index contributed by atoms with van der Waals surface area (Å²) in [5.74, 6) is -0.0538. The number of urea groups is 1. The third-order valence-corrected chi connectivity index (χ3v) is 6.72. The van der Waals surface area contributed by atoms with Crippen molar-refractivity contribution in [1.29, 1.82) is 0 Å². The third-order valence-electron chi connectivity index (χ3n) is 5.72. The number of rotatable bonds is 8. The first-order chi connectivity index (χ1) is 15.3. The van der Waals surface area contributed by atoms with Gasteiger partial charge in [-0.2, -0.15) is 0 Å². The number of hydrogen-bond donors (Lipinski definition) is 1. The third kappa shape index (κ3) is 5.79. The summed E-state index contributed by atoms with van der Waals surface area (Å²) in [6.45, 7) is 8.53. The van der Waals surface area contributed by atoms with E-state index in [4.69, 9.17) is 4.74 Å². The van der Waals surface area contributed by atoms with Crippen molar-refractivity contribution in [3.05, 3.63) is 52.0 Å². The molecule has 174 valence electrons. The number of nitrogens with zero attached hydrogens (tertiary/aromatic N) is 2. The fraction of sp³-hybridized carbons (Fsp3) is 0.500. The first-order valence-electron chi connectivity index (χ1n) is 11.1. The molecule has 0 radical (unpaired) electrons. The predicted molar refractivity (Wildman–Crippen MR) is 124 cm³/mol. The molecule has 0 spiro atoms. The van der Waals surface area contributed by atoms with Gasteiger partial charge in [0, 0.05) is 29.6 Å². The zero-order chi connectivity index (χ0) is 23.3. The second-order valence-electron chi connectivity index (χ2n) is 8.41. The number of fused-ring (bicyclic) bond motifs is 1. The molecule has 0 saturated carbocycles. The van der Waals surface area contributed by atoms with Crippen molar-refractivity contribution in [3.8, 4) is 5.75 Å². The van der Waals surface area contributed by atoms with E-state index in [1.807, 2.05) is 39.1 Å². The fourth-order valence-corrected chi connectivity index (χ4v) is 4.75. The highest BCUT2D eigenvalue weighted by molar-refractivity contribution is 7.10. The summed E-state index contributed by atoms with van der Waals surface area (Å²) in [7, 11) is 0. The first-order valence-corrected chi connectivity index (χ1v) is 12.0. The SMILES string of the molecule is CC[C@@H](C)N(CC(=O)N1CCc2sccc2[C@@H]1COc1cccc(F)c1)C(=O)NC(C)C. The van der Waals surface area contributed by atoms with Gasteiger partial charge in [-0.15, -0.1) is 11.3 Å². The van der Waals surface area contributed by atoms with Crippen molar-refractivity contribution in [2.24, 2.45) is 0 Å². The van der Waals surface area contributed by atoms with Crippen LogP contribution in [0.1, 0.15) is 50.6 Å². The Hall–Kier alpha value is -2.61. The van der Waals surface area contributed by atoms with E-state index < -0.39 is 0 Å². The Bertz CT molecular complexity index is 933. The van der Waals surface area contributed by atoms with Crippen LogP contribution in [0.15, 0.2) is 35.7 Å². The zero-order valence-corrected chi connectivity index (χ0v) is 20.0. The molecule has 0 bridgehead atoms. The summed E-state index contributed by atoms with van der Waals surface area (Å²) in [4.78, 5) is 30.8. The fourth-order valence-electron chi connectivity index (χ4n) is 3.82. The number of ether oxygens (including phenoxy) is 1. The summed E-state index contributed by atoms with van der Waals surface area (Å²) in [5.41, 5.74) is 1.06. The van der Waals surface area contributed by atoms with E-state index >= 15 is 0 Å². The Morgan fingerprint density at radius 3 is 2.78 bits per heavy atom. The van der Waals surface area contributed by atoms with Gasteiger partial charge >= 0.3 is 6.03 Å². The van der Waals surface area contributed by atoms with Gasteiger partial charge in [-0.3, -0.25) is 4.79 Å². The van der Waals surface area contributed by atoms with Crippen molar-refractivity contribution in [3.63, 3.8) is 0 Å². The maximum Gasteiger partial charge on any atom is 0.318 e. The van der Waals surface area contributed by atoms with E-state index in [-0.39, 0.29) is 49.0 Å². The van der Waals surface area contributed by atoms with Crippen molar-refractivity contribution >= 4 is 23.3 Å². The van der Waals surface area contributed by atoms with Gasteiger partial charge < -0.3 is 19.9 Å². The topological polar surface area (TPSA) is 61.9 Å². The average molecular weight is 462 g/mol. The van der Waals surface area contributed by atoms with E-state index in [1.165, 1.54) is 17.0 Å². The van der Waals surface area contributed by atoms with Gasteiger partial charge in [-0.1, -0.05) is 13.0 Å². The number of nitrogens with one attached hydrogen (secondary N) is 1. The van der Waals surface area contributed by atoms with Gasteiger partial charge in [0.1, 0.15) is 24.7 Å². The summed E-state index contributed by atoms with van der Waals surface area (Å²) in [6, 6.07) is 7.43. The van der Waals surface area contributed by atoms with Gasteiger partial charge in [0.2, 0.25) is 5.91 Å². The Morgan fingerprint density at radius 1 is 1.31 bits per heavy atom. The van der Waals surface area contributed by atoms with Gasteiger partial charge in [-0.05, 0) is 62.8 Å². The second-order valence-corrected chi connectivity index (χ2v) is 9.41. The first kappa shape index (κ1) is 24.0. The summed E-state index contributed by atoms with van der Waals surface area (Å²) in [5, 5.41) is 4.92. The standard InChI is InChI=1S/C24H32FN3O3S/c1-5-17(4)28(24(30)26-16(2)3)14-23(29)27-11-9-22-20(10-12-32-22)21(27)15-31-19-8-6-7-18(25)13-19/h6-8,10,12-13,16-17,21H,5,9,11,14-15H2,1-4H3,(H,26,30)/t17-,21+/m1/s1. The van der Waals surface area contributed by atoms with E-state index in [0.29, 0.717) is 12.3 Å². The zero-order valence-electron chi connectivity index (χ0n) is 19.1. The molecule has 1 aliphatic rings. The lowest BCUT2D eigenvalue weighted by Crippen LogP contribution is -2.53. The molecule has 1 aliphatic heterocycles. The van der Waals surface area contributed by atoms with Crippen molar-refractivity contribution in [2.75, 3.05) is 19.7 Å². The normalized spacial score (nSPS) is 16.4. The Balaban J connectivity index is 1.78. The Morgan fingerprint density at radius 2 is 2.09 bits per heavy atom. The molecule has 0 unspecified atom stereocenters. The van der Waals surface area contributed by atoms with Crippen molar-refractivity contribution in [1.82, 2.24) is 15.1 Å². The van der Waals surface area contributed by atoms with Crippen LogP contribution >= 0.6 is 11.3 Å². The molecule has 6 nitrogen and oxygen atoms in total. The molecule has 0 saturated heterocycles. The molecule has 2 atom stereocenters. The highest BCUT2D eigenvalue weighted by Crippen LogP contribution is 2.34. The molecular formula is C24H32FN3O3S. The van der Waals surface area contributed by atoms with Crippen molar-refractivity contribution < 1.29 is 18.7 Å². The van der Waals surface area contributed by atoms with Crippen LogP contribution in [-0.4, -0.2) is 53.5 Å². The summed E-state index contributed by atoms with van der Waals surface area (Å²) in [6.07, 6.45) is 1.52. The molecule has 3 amide bonds. The van der Waals surface area contributed by atoms with Crippen LogP contribution in [0.25, 0.3) is 0 Å². The number of amides is 3. The van der Waals surface area contributed by atoms with Crippen LogP contribution in [0.5, 0.6) is 5.75 Å². The van der Waals surface area contributed by atoms with Crippen LogP contribution in [0.3, 0.4) is 0 Å². The summed E-state index contributed by atoms with van der Waals surface area (Å²) >= 11 is 1.67. The Labute approximate surface area is 193 Å². The summed E-state index contributed by atoms with van der Waals surface area (Å²) < 4.78 is 19.4.